The molecule has 0 saturated heterocycles. The fourth-order valence-electron chi connectivity index (χ4n) is 0.655. The van der Waals surface area contributed by atoms with Gasteiger partial charge in [0.1, 0.15) is 12.6 Å². The molecule has 0 heterocycles. The van der Waals surface area contributed by atoms with Crippen LogP contribution in [0.2, 0.25) is 0 Å². The van der Waals surface area contributed by atoms with Crippen molar-refractivity contribution in [1.82, 2.24) is 0 Å². The number of hydrogen-bond donors (Lipinski definition) is 2. The van der Waals surface area contributed by atoms with Crippen LogP contribution in [-0.2, 0) is 14.3 Å². The molecule has 0 aliphatic carbocycles. The van der Waals surface area contributed by atoms with Gasteiger partial charge in [0.25, 0.3) is 0 Å². The van der Waals surface area contributed by atoms with E-state index in [-0.39, 0.29) is 19.0 Å². The van der Waals surface area contributed by atoms with Crippen LogP contribution in [0.15, 0.2) is 12.2 Å². The normalized spacial score (nSPS) is 13.0. The smallest absolute Gasteiger partial charge is 0.322 e. The number of ether oxygens (including phenoxy) is 1. The molecule has 0 radical (unpaired) electrons. The van der Waals surface area contributed by atoms with Crippen LogP contribution in [0.25, 0.3) is 0 Å². The van der Waals surface area contributed by atoms with E-state index in [1.165, 1.54) is 6.08 Å². The number of carboxylic acid groups (broad SMARTS) is 1. The van der Waals surface area contributed by atoms with E-state index in [0.717, 1.165) is 6.42 Å². The molecule has 0 fully saturated rings. The topological polar surface area (TPSA) is 89.6 Å². The molecule has 0 unspecified atom stereocenters. The van der Waals surface area contributed by atoms with Gasteiger partial charge in [-0.2, -0.15) is 0 Å². The van der Waals surface area contributed by atoms with Gasteiger partial charge in [-0.15, -0.1) is 0 Å². The van der Waals surface area contributed by atoms with Gasteiger partial charge in [0.2, 0.25) is 0 Å². The molecule has 80 valence electrons. The number of rotatable bonds is 7. The predicted octanol–water partition coefficient (Wildman–Crippen LogP) is -0.0498. The van der Waals surface area contributed by atoms with Crippen LogP contribution in [0.1, 0.15) is 13.3 Å². The summed E-state index contributed by atoms with van der Waals surface area (Å²) in [6, 6.07) is -1.07. The van der Waals surface area contributed by atoms with Crippen LogP contribution < -0.4 is 5.73 Å². The Morgan fingerprint density at radius 1 is 1.57 bits per heavy atom. The SMILES string of the molecule is CC/C=C/C(=O)COC[C@H](N)C(=O)O. The van der Waals surface area contributed by atoms with Crippen molar-refractivity contribution in [3.63, 3.8) is 0 Å². The summed E-state index contributed by atoms with van der Waals surface area (Å²) in [6.45, 7) is 1.63. The summed E-state index contributed by atoms with van der Waals surface area (Å²) in [5.41, 5.74) is 5.15. The second-order valence-electron chi connectivity index (χ2n) is 2.74. The Morgan fingerprint density at radius 2 is 2.21 bits per heavy atom. The number of carbonyl (C=O) groups excluding carboxylic acids is 1. The van der Waals surface area contributed by atoms with Crippen molar-refractivity contribution in [3.05, 3.63) is 12.2 Å². The Hall–Kier alpha value is -1.20. The van der Waals surface area contributed by atoms with E-state index in [4.69, 9.17) is 15.6 Å². The Kier molecular flexibility index (Phi) is 6.61. The molecule has 1 atom stereocenters. The molecule has 0 aromatic rings. The highest BCUT2D eigenvalue weighted by atomic mass is 16.5. The summed E-state index contributed by atoms with van der Waals surface area (Å²) in [5, 5.41) is 8.38. The summed E-state index contributed by atoms with van der Waals surface area (Å²) in [5.74, 6) is -1.33. The second-order valence-corrected chi connectivity index (χ2v) is 2.74. The van der Waals surface area contributed by atoms with Crippen molar-refractivity contribution in [3.8, 4) is 0 Å². The van der Waals surface area contributed by atoms with Crippen LogP contribution in [0, 0.1) is 0 Å². The maximum Gasteiger partial charge on any atom is 0.322 e. The Morgan fingerprint density at radius 3 is 2.71 bits per heavy atom. The van der Waals surface area contributed by atoms with Crippen molar-refractivity contribution in [1.29, 1.82) is 0 Å². The van der Waals surface area contributed by atoms with Crippen LogP contribution >= 0.6 is 0 Å². The first kappa shape index (κ1) is 12.8. The molecular formula is C9H15NO4. The molecule has 3 N–H and O–H groups in total. The van der Waals surface area contributed by atoms with Gasteiger partial charge in [0.15, 0.2) is 5.78 Å². The highest BCUT2D eigenvalue weighted by Crippen LogP contribution is 1.86. The average molecular weight is 201 g/mol. The van der Waals surface area contributed by atoms with Gasteiger partial charge >= 0.3 is 5.97 Å². The van der Waals surface area contributed by atoms with Gasteiger partial charge in [-0.25, -0.2) is 0 Å². The number of allylic oxidation sites excluding steroid dienone is 1. The average Bonchev–Trinajstić information content (AvgIpc) is 2.14. The highest BCUT2D eigenvalue weighted by molar-refractivity contribution is 5.90. The van der Waals surface area contributed by atoms with Crippen molar-refractivity contribution in [2.45, 2.75) is 19.4 Å². The van der Waals surface area contributed by atoms with Crippen molar-refractivity contribution in [2.24, 2.45) is 5.73 Å². The lowest BCUT2D eigenvalue weighted by molar-refractivity contribution is -0.140. The van der Waals surface area contributed by atoms with Crippen LogP contribution in [0.5, 0.6) is 0 Å². The van der Waals surface area contributed by atoms with Gasteiger partial charge in [-0.1, -0.05) is 13.0 Å². The van der Waals surface area contributed by atoms with Crippen LogP contribution in [0.4, 0.5) is 0 Å². The number of carboxylic acids is 1. The lowest BCUT2D eigenvalue weighted by Crippen LogP contribution is -2.35. The van der Waals surface area contributed by atoms with E-state index in [0.29, 0.717) is 0 Å². The fourth-order valence-corrected chi connectivity index (χ4v) is 0.655. The number of nitrogens with two attached hydrogens (primary N) is 1. The summed E-state index contributed by atoms with van der Waals surface area (Å²) >= 11 is 0. The summed E-state index contributed by atoms with van der Waals surface area (Å²) in [7, 11) is 0. The zero-order valence-electron chi connectivity index (χ0n) is 8.10. The molecule has 0 rings (SSSR count). The van der Waals surface area contributed by atoms with Crippen LogP contribution in [0.3, 0.4) is 0 Å². The number of carbonyl (C=O) groups is 2. The van der Waals surface area contributed by atoms with E-state index < -0.39 is 12.0 Å². The molecule has 5 nitrogen and oxygen atoms in total. The maximum atomic E-state index is 11.0. The molecule has 0 aromatic heterocycles. The maximum absolute atomic E-state index is 11.0. The van der Waals surface area contributed by atoms with E-state index in [9.17, 15) is 9.59 Å². The fraction of sp³-hybridized carbons (Fsp3) is 0.556. The van der Waals surface area contributed by atoms with Gasteiger partial charge in [-0.3, -0.25) is 9.59 Å². The lowest BCUT2D eigenvalue weighted by Gasteiger charge is -2.05. The van der Waals surface area contributed by atoms with Crippen molar-refractivity contribution in [2.75, 3.05) is 13.2 Å². The number of hydrogen-bond acceptors (Lipinski definition) is 4. The largest absolute Gasteiger partial charge is 0.480 e. The van der Waals surface area contributed by atoms with Gasteiger partial charge in [0.05, 0.1) is 6.61 Å². The summed E-state index contributed by atoms with van der Waals surface area (Å²) in [4.78, 5) is 21.2. The zero-order chi connectivity index (χ0) is 11.0. The highest BCUT2D eigenvalue weighted by Gasteiger charge is 2.11. The number of ketones is 1. The first-order valence-electron chi connectivity index (χ1n) is 4.33. The summed E-state index contributed by atoms with van der Waals surface area (Å²) in [6.07, 6.45) is 3.90. The molecule has 0 amide bonds. The Labute approximate surface area is 82.5 Å². The molecule has 14 heavy (non-hydrogen) atoms. The monoisotopic (exact) mass is 201 g/mol. The Balaban J connectivity index is 3.59. The number of aliphatic carboxylic acids is 1. The summed E-state index contributed by atoms with van der Waals surface area (Å²) < 4.78 is 4.81. The van der Waals surface area contributed by atoms with E-state index in [1.807, 2.05) is 6.92 Å². The molecule has 0 aliphatic rings. The molecule has 0 aromatic carbocycles. The zero-order valence-corrected chi connectivity index (χ0v) is 8.10. The second kappa shape index (κ2) is 7.23. The van der Waals surface area contributed by atoms with E-state index in [2.05, 4.69) is 0 Å². The minimum Gasteiger partial charge on any atom is -0.480 e. The first-order valence-corrected chi connectivity index (χ1v) is 4.33. The standard InChI is InChI=1S/C9H15NO4/c1-2-3-4-7(11)5-14-6-8(10)9(12)13/h3-4,8H,2,5-6,10H2,1H3,(H,12,13)/b4-3+/t8-/m0/s1. The quantitative estimate of drug-likeness (QED) is 0.564. The molecule has 0 saturated carbocycles. The lowest BCUT2D eigenvalue weighted by atomic mass is 10.3. The first-order chi connectivity index (χ1) is 6.57. The van der Waals surface area contributed by atoms with E-state index in [1.54, 1.807) is 6.08 Å². The van der Waals surface area contributed by atoms with Gasteiger partial charge in [-0.05, 0) is 12.5 Å². The van der Waals surface area contributed by atoms with Gasteiger partial charge < -0.3 is 15.6 Å². The molecule has 0 spiro atoms. The predicted molar refractivity (Wildman–Crippen MR) is 50.9 cm³/mol. The van der Waals surface area contributed by atoms with Gasteiger partial charge in [0, 0.05) is 0 Å². The molecule has 0 bridgehead atoms. The Bertz CT molecular complexity index is 225. The van der Waals surface area contributed by atoms with Crippen molar-refractivity contribution >= 4 is 11.8 Å². The third kappa shape index (κ3) is 6.33. The third-order valence-corrected chi connectivity index (χ3v) is 1.40. The van der Waals surface area contributed by atoms with E-state index >= 15 is 0 Å². The minimum absolute atomic E-state index is 0.127. The molecule has 0 aliphatic heterocycles. The van der Waals surface area contributed by atoms with Crippen LogP contribution in [-0.4, -0.2) is 36.1 Å². The molecular weight excluding hydrogens is 186 g/mol. The van der Waals surface area contributed by atoms with Crippen molar-refractivity contribution < 1.29 is 19.4 Å². The molecule has 5 heteroatoms. The minimum atomic E-state index is -1.14. The third-order valence-electron chi connectivity index (χ3n) is 1.40.